The smallest absolute Gasteiger partial charge is 0.248 e. The van der Waals surface area contributed by atoms with E-state index in [0.29, 0.717) is 33.0 Å². The van der Waals surface area contributed by atoms with Crippen molar-refractivity contribution < 1.29 is 4.42 Å². The minimum absolute atomic E-state index is 0.113. The van der Waals surface area contributed by atoms with Gasteiger partial charge in [-0.05, 0) is 57.5 Å². The molecule has 3 heterocycles. The third-order valence-electron chi connectivity index (χ3n) is 5.32. The van der Waals surface area contributed by atoms with Crippen molar-refractivity contribution in [1.82, 2.24) is 9.97 Å². The molecule has 31 heavy (non-hydrogen) atoms. The Hall–Kier alpha value is -3.38. The Kier molecular flexibility index (Phi) is 5.41. The van der Waals surface area contributed by atoms with Crippen LogP contribution >= 0.6 is 11.6 Å². The van der Waals surface area contributed by atoms with Crippen LogP contribution in [0.15, 0.2) is 56.6 Å². The van der Waals surface area contributed by atoms with Gasteiger partial charge < -0.3 is 14.7 Å². The number of H-pyrrole nitrogens is 1. The zero-order valence-corrected chi connectivity index (χ0v) is 18.4. The first-order chi connectivity index (χ1) is 14.7. The van der Waals surface area contributed by atoms with Crippen LogP contribution < -0.4 is 16.3 Å². The number of aromatic amines is 1. The molecule has 1 aromatic carbocycles. The highest BCUT2D eigenvalue weighted by Gasteiger charge is 2.19. The molecule has 0 spiro atoms. The molecular formula is C24H22ClN3O3. The van der Waals surface area contributed by atoms with Gasteiger partial charge in [0.15, 0.2) is 5.43 Å². The third-order valence-corrected chi connectivity index (χ3v) is 5.53. The van der Waals surface area contributed by atoms with Crippen molar-refractivity contribution in [2.24, 2.45) is 0 Å². The SMILES string of the molecule is Cc1cc([C@@H](C)Nc2ccc(Cl)nc2C)c2oc(-c3cc[nH]c(=O)c3)c(C)c(=O)c2c1. The quantitative estimate of drug-likeness (QED) is 0.425. The van der Waals surface area contributed by atoms with Crippen LogP contribution in [0.1, 0.15) is 35.3 Å². The third kappa shape index (κ3) is 3.99. The van der Waals surface area contributed by atoms with Gasteiger partial charge in [0.2, 0.25) is 5.56 Å². The Morgan fingerprint density at radius 1 is 1.10 bits per heavy atom. The van der Waals surface area contributed by atoms with Crippen LogP contribution in [0.2, 0.25) is 5.15 Å². The van der Waals surface area contributed by atoms with Crippen molar-refractivity contribution >= 4 is 28.3 Å². The molecule has 0 fully saturated rings. The van der Waals surface area contributed by atoms with E-state index in [9.17, 15) is 9.59 Å². The van der Waals surface area contributed by atoms with Gasteiger partial charge in [0.05, 0.1) is 22.8 Å². The number of aryl methyl sites for hydroxylation is 2. The summed E-state index contributed by atoms with van der Waals surface area (Å²) in [5.41, 5.74) is 4.57. The van der Waals surface area contributed by atoms with Gasteiger partial charge in [0.25, 0.3) is 0 Å². The number of benzene rings is 1. The van der Waals surface area contributed by atoms with Crippen molar-refractivity contribution in [3.8, 4) is 11.3 Å². The van der Waals surface area contributed by atoms with Gasteiger partial charge in [0.1, 0.15) is 16.5 Å². The molecule has 0 saturated carbocycles. The first-order valence-corrected chi connectivity index (χ1v) is 10.3. The van der Waals surface area contributed by atoms with Crippen LogP contribution in [0, 0.1) is 20.8 Å². The molecule has 0 aliphatic rings. The number of anilines is 1. The van der Waals surface area contributed by atoms with Crippen LogP contribution in [-0.4, -0.2) is 9.97 Å². The van der Waals surface area contributed by atoms with Gasteiger partial charge in [-0.2, -0.15) is 0 Å². The average molecular weight is 436 g/mol. The molecule has 4 rings (SSSR count). The first kappa shape index (κ1) is 20.9. The molecule has 0 aliphatic heterocycles. The number of rotatable bonds is 4. The second-order valence-corrected chi connectivity index (χ2v) is 8.08. The normalized spacial score (nSPS) is 12.2. The summed E-state index contributed by atoms with van der Waals surface area (Å²) in [4.78, 5) is 31.9. The second-order valence-electron chi connectivity index (χ2n) is 7.69. The number of aromatic nitrogens is 2. The maximum atomic E-state index is 13.2. The van der Waals surface area contributed by atoms with Crippen LogP contribution in [-0.2, 0) is 0 Å². The largest absolute Gasteiger partial charge is 0.455 e. The summed E-state index contributed by atoms with van der Waals surface area (Å²) in [6.07, 6.45) is 1.54. The summed E-state index contributed by atoms with van der Waals surface area (Å²) >= 11 is 5.98. The molecule has 7 heteroatoms. The van der Waals surface area contributed by atoms with Gasteiger partial charge >= 0.3 is 0 Å². The molecule has 0 radical (unpaired) electrons. The van der Waals surface area contributed by atoms with E-state index in [1.807, 2.05) is 39.0 Å². The standard InChI is InChI=1S/C24H22ClN3O3/c1-12-9-17(14(3)27-19-5-6-20(25)28-15(19)4)24-18(10-12)22(30)13(2)23(31-24)16-7-8-26-21(29)11-16/h5-11,14,27H,1-4H3,(H,26,29)/t14-/m1/s1. The minimum atomic E-state index is -0.260. The second kappa shape index (κ2) is 8.04. The van der Waals surface area contributed by atoms with Gasteiger partial charge in [-0.15, -0.1) is 0 Å². The Morgan fingerprint density at radius 2 is 1.87 bits per heavy atom. The zero-order chi connectivity index (χ0) is 22.3. The molecule has 1 atom stereocenters. The monoisotopic (exact) mass is 435 g/mol. The predicted molar refractivity (Wildman–Crippen MR) is 124 cm³/mol. The first-order valence-electron chi connectivity index (χ1n) is 9.91. The number of pyridine rings is 2. The highest BCUT2D eigenvalue weighted by molar-refractivity contribution is 6.29. The number of hydrogen-bond acceptors (Lipinski definition) is 5. The number of hydrogen-bond donors (Lipinski definition) is 2. The molecule has 4 aromatic rings. The molecule has 0 unspecified atom stereocenters. The van der Waals surface area contributed by atoms with Crippen molar-refractivity contribution in [3.63, 3.8) is 0 Å². The summed E-state index contributed by atoms with van der Waals surface area (Å²) in [7, 11) is 0. The number of fused-ring (bicyclic) bond motifs is 1. The average Bonchev–Trinajstić information content (AvgIpc) is 2.72. The van der Waals surface area contributed by atoms with Gasteiger partial charge in [0, 0.05) is 29.0 Å². The maximum Gasteiger partial charge on any atom is 0.248 e. The van der Waals surface area contributed by atoms with E-state index >= 15 is 0 Å². The molecule has 0 bridgehead atoms. The molecule has 0 amide bonds. The van der Waals surface area contributed by atoms with E-state index in [1.165, 1.54) is 12.3 Å². The Morgan fingerprint density at radius 3 is 2.58 bits per heavy atom. The molecule has 2 N–H and O–H groups in total. The van der Waals surface area contributed by atoms with Crippen molar-refractivity contribution in [2.75, 3.05) is 5.32 Å². The fourth-order valence-corrected chi connectivity index (χ4v) is 3.93. The molecule has 0 saturated heterocycles. The molecular weight excluding hydrogens is 414 g/mol. The molecule has 0 aliphatic carbocycles. The summed E-state index contributed by atoms with van der Waals surface area (Å²) in [5.74, 6) is 0.394. The van der Waals surface area contributed by atoms with Crippen LogP contribution in [0.5, 0.6) is 0 Å². The van der Waals surface area contributed by atoms with Gasteiger partial charge in [-0.3, -0.25) is 9.59 Å². The van der Waals surface area contributed by atoms with Crippen molar-refractivity contribution in [3.05, 3.63) is 90.7 Å². The topological polar surface area (TPSA) is 88.0 Å². The summed E-state index contributed by atoms with van der Waals surface area (Å²) in [6.45, 7) is 7.54. The lowest BCUT2D eigenvalue weighted by Gasteiger charge is -2.19. The summed E-state index contributed by atoms with van der Waals surface area (Å²) in [6, 6.07) is 10.4. The van der Waals surface area contributed by atoms with E-state index in [4.69, 9.17) is 16.0 Å². The van der Waals surface area contributed by atoms with E-state index < -0.39 is 0 Å². The van der Waals surface area contributed by atoms with Gasteiger partial charge in [-0.1, -0.05) is 17.7 Å². The van der Waals surface area contributed by atoms with E-state index in [0.717, 1.165) is 22.5 Å². The number of nitrogens with one attached hydrogen (secondary N) is 2. The zero-order valence-electron chi connectivity index (χ0n) is 17.7. The number of nitrogens with zero attached hydrogens (tertiary/aromatic N) is 1. The predicted octanol–water partition coefficient (Wildman–Crippen LogP) is 5.30. The summed E-state index contributed by atoms with van der Waals surface area (Å²) in [5, 5.41) is 4.38. The van der Waals surface area contributed by atoms with Crippen molar-refractivity contribution in [1.29, 1.82) is 0 Å². The van der Waals surface area contributed by atoms with Crippen molar-refractivity contribution in [2.45, 2.75) is 33.7 Å². The minimum Gasteiger partial charge on any atom is -0.455 e. The van der Waals surface area contributed by atoms with E-state index in [-0.39, 0.29) is 17.0 Å². The van der Waals surface area contributed by atoms with Crippen LogP contribution in [0.3, 0.4) is 0 Å². The Bertz CT molecular complexity index is 1420. The molecule has 158 valence electrons. The van der Waals surface area contributed by atoms with Gasteiger partial charge in [-0.25, -0.2) is 4.98 Å². The lowest BCUT2D eigenvalue weighted by atomic mass is 9.99. The van der Waals surface area contributed by atoms with Crippen LogP contribution in [0.25, 0.3) is 22.3 Å². The lowest BCUT2D eigenvalue weighted by Crippen LogP contribution is -2.13. The Labute approximate surface area is 183 Å². The highest BCUT2D eigenvalue weighted by atomic mass is 35.5. The lowest BCUT2D eigenvalue weighted by molar-refractivity contribution is 0.605. The Balaban J connectivity index is 1.90. The van der Waals surface area contributed by atoms with Crippen LogP contribution in [0.4, 0.5) is 5.69 Å². The molecule has 3 aromatic heterocycles. The van der Waals surface area contributed by atoms with E-state index in [1.54, 1.807) is 19.1 Å². The highest BCUT2D eigenvalue weighted by Crippen LogP contribution is 2.32. The maximum absolute atomic E-state index is 13.2. The van der Waals surface area contributed by atoms with E-state index in [2.05, 4.69) is 15.3 Å². The fraction of sp³-hybridized carbons (Fsp3) is 0.208. The molecule has 6 nitrogen and oxygen atoms in total. The summed E-state index contributed by atoms with van der Waals surface area (Å²) < 4.78 is 6.28. The fourth-order valence-electron chi connectivity index (χ4n) is 3.74. The number of halogens is 1.